The Bertz CT molecular complexity index is 1150. The fourth-order valence-electron chi connectivity index (χ4n) is 4.32. The van der Waals surface area contributed by atoms with Gasteiger partial charge in [0.1, 0.15) is 17.5 Å². The van der Waals surface area contributed by atoms with Crippen LogP contribution in [0.3, 0.4) is 0 Å². The summed E-state index contributed by atoms with van der Waals surface area (Å²) in [6.45, 7) is 5.57. The monoisotopic (exact) mass is 483 g/mol. The number of halogens is 3. The van der Waals surface area contributed by atoms with E-state index in [-0.39, 0.29) is 35.8 Å². The van der Waals surface area contributed by atoms with Crippen molar-refractivity contribution >= 4 is 21.6 Å². The first kappa shape index (κ1) is 24.9. The van der Waals surface area contributed by atoms with Crippen molar-refractivity contribution in [3.8, 4) is 5.75 Å². The molecule has 178 valence electrons. The van der Waals surface area contributed by atoms with Gasteiger partial charge in [0, 0.05) is 18.9 Å². The van der Waals surface area contributed by atoms with Gasteiger partial charge >= 0.3 is 6.36 Å². The second-order valence-electron chi connectivity index (χ2n) is 8.22. The van der Waals surface area contributed by atoms with Crippen LogP contribution in [-0.2, 0) is 19.6 Å². The molecule has 2 atom stereocenters. The smallest absolute Gasteiger partial charge is 0.406 e. The Balaban J connectivity index is 1.64. The minimum absolute atomic E-state index is 0.0431. The number of hydrogen-bond donors (Lipinski definition) is 1. The molecule has 2 aromatic rings. The number of carbonyl (C=O) groups is 2. The molecule has 2 unspecified atom stereocenters. The highest BCUT2D eigenvalue weighted by atomic mass is 32.2. The zero-order chi connectivity index (χ0) is 24.6. The molecule has 0 radical (unpaired) electrons. The molecule has 1 aliphatic carbocycles. The highest BCUT2D eigenvalue weighted by Gasteiger charge is 2.42. The Morgan fingerprint density at radius 3 is 2.15 bits per heavy atom. The highest BCUT2D eigenvalue weighted by Crippen LogP contribution is 2.37. The van der Waals surface area contributed by atoms with Gasteiger partial charge in [-0.2, -0.15) is 0 Å². The second kappa shape index (κ2) is 9.26. The third kappa shape index (κ3) is 5.80. The molecule has 0 bridgehead atoms. The van der Waals surface area contributed by atoms with E-state index in [0.717, 1.165) is 46.5 Å². The minimum atomic E-state index is -4.88. The normalized spacial score (nSPS) is 19.2. The molecule has 0 aromatic heterocycles. The number of hydrogen-bond acceptors (Lipinski definition) is 5. The van der Waals surface area contributed by atoms with E-state index in [1.807, 2.05) is 32.9 Å². The molecule has 1 fully saturated rings. The van der Waals surface area contributed by atoms with E-state index in [2.05, 4.69) is 9.46 Å². The van der Waals surface area contributed by atoms with E-state index in [1.165, 1.54) is 0 Å². The number of benzene rings is 2. The topological polar surface area (TPSA) is 89.5 Å². The zero-order valence-corrected chi connectivity index (χ0v) is 19.1. The third-order valence-electron chi connectivity index (χ3n) is 5.64. The van der Waals surface area contributed by atoms with Crippen LogP contribution >= 0.6 is 0 Å². The summed E-state index contributed by atoms with van der Waals surface area (Å²) in [7, 11) is -4.01. The lowest BCUT2D eigenvalue weighted by atomic mass is 9.86. The summed E-state index contributed by atoms with van der Waals surface area (Å²) in [4.78, 5) is 25.4. The summed E-state index contributed by atoms with van der Waals surface area (Å²) >= 11 is 0. The third-order valence-corrected chi connectivity index (χ3v) is 7.11. The molecule has 0 amide bonds. The summed E-state index contributed by atoms with van der Waals surface area (Å²) < 4.78 is 67.6. The van der Waals surface area contributed by atoms with E-state index in [1.54, 1.807) is 0 Å². The van der Waals surface area contributed by atoms with Crippen molar-refractivity contribution in [2.45, 2.75) is 50.8 Å². The number of ether oxygens (including phenoxy) is 1. The number of nitrogens with one attached hydrogen (secondary N) is 1. The summed E-state index contributed by atoms with van der Waals surface area (Å²) in [6.07, 6.45) is -4.70. The van der Waals surface area contributed by atoms with Crippen LogP contribution in [0, 0.1) is 26.7 Å². The maximum absolute atomic E-state index is 13.0. The Morgan fingerprint density at radius 1 is 1.03 bits per heavy atom. The largest absolute Gasteiger partial charge is 0.573 e. The lowest BCUT2D eigenvalue weighted by molar-refractivity contribution is -0.274. The minimum Gasteiger partial charge on any atom is -0.406 e. The van der Waals surface area contributed by atoms with Gasteiger partial charge in [0.2, 0.25) is 10.0 Å². The summed E-state index contributed by atoms with van der Waals surface area (Å²) in [6, 6.07) is 7.64. The molecule has 1 aliphatic rings. The molecular weight excluding hydrogens is 459 g/mol. The summed E-state index contributed by atoms with van der Waals surface area (Å²) in [5.74, 6) is -2.38. The number of carbonyl (C=O) groups excluding carboxylic acids is 2. The van der Waals surface area contributed by atoms with Gasteiger partial charge in [-0.3, -0.25) is 9.59 Å². The molecule has 2 aromatic carbocycles. The quantitative estimate of drug-likeness (QED) is 0.599. The SMILES string of the molecule is Cc1cc(C)c(C2C(=O)CC(CCNS(=O)(=O)c3ccc(OC(F)(F)F)cc3)C2=O)c(C)c1. The zero-order valence-electron chi connectivity index (χ0n) is 18.3. The average Bonchev–Trinajstić information content (AvgIpc) is 2.94. The first-order valence-corrected chi connectivity index (χ1v) is 11.8. The van der Waals surface area contributed by atoms with Gasteiger partial charge in [-0.1, -0.05) is 17.7 Å². The number of ketones is 2. The number of sulfonamides is 1. The first-order valence-electron chi connectivity index (χ1n) is 10.3. The van der Waals surface area contributed by atoms with Crippen molar-refractivity contribution in [1.82, 2.24) is 4.72 Å². The lowest BCUT2D eigenvalue weighted by Crippen LogP contribution is -2.27. The van der Waals surface area contributed by atoms with Crippen LogP contribution in [0.4, 0.5) is 13.2 Å². The molecule has 3 rings (SSSR count). The van der Waals surface area contributed by atoms with E-state index in [0.29, 0.717) is 0 Å². The van der Waals surface area contributed by atoms with Crippen molar-refractivity contribution < 1.29 is 35.9 Å². The van der Waals surface area contributed by atoms with Crippen LogP contribution in [0.25, 0.3) is 0 Å². The van der Waals surface area contributed by atoms with Crippen LogP contribution in [0.15, 0.2) is 41.3 Å². The molecule has 1 saturated carbocycles. The first-order chi connectivity index (χ1) is 15.3. The van der Waals surface area contributed by atoms with Crippen LogP contribution < -0.4 is 9.46 Å². The molecule has 0 aliphatic heterocycles. The Morgan fingerprint density at radius 2 is 1.61 bits per heavy atom. The van der Waals surface area contributed by atoms with Gasteiger partial charge in [-0.05, 0) is 68.1 Å². The van der Waals surface area contributed by atoms with Crippen molar-refractivity contribution in [2.75, 3.05) is 6.54 Å². The predicted molar refractivity (Wildman–Crippen MR) is 114 cm³/mol. The van der Waals surface area contributed by atoms with Crippen molar-refractivity contribution in [3.05, 3.63) is 58.7 Å². The lowest BCUT2D eigenvalue weighted by Gasteiger charge is -2.16. The van der Waals surface area contributed by atoms with Gasteiger partial charge in [0.25, 0.3) is 0 Å². The van der Waals surface area contributed by atoms with Crippen molar-refractivity contribution in [3.63, 3.8) is 0 Å². The number of rotatable bonds is 7. The maximum atomic E-state index is 13.0. The van der Waals surface area contributed by atoms with E-state index < -0.39 is 34.0 Å². The fraction of sp³-hybridized carbons (Fsp3) is 0.391. The van der Waals surface area contributed by atoms with Crippen LogP contribution in [-0.4, -0.2) is 32.9 Å². The van der Waals surface area contributed by atoms with Gasteiger partial charge in [0.05, 0.1) is 4.90 Å². The predicted octanol–water partition coefficient (Wildman–Crippen LogP) is 4.12. The van der Waals surface area contributed by atoms with E-state index >= 15 is 0 Å². The summed E-state index contributed by atoms with van der Waals surface area (Å²) in [5.41, 5.74) is 3.51. The molecule has 10 heteroatoms. The van der Waals surface area contributed by atoms with Crippen LogP contribution in [0.1, 0.15) is 41.0 Å². The van der Waals surface area contributed by atoms with Gasteiger partial charge in [-0.25, -0.2) is 13.1 Å². The molecule has 6 nitrogen and oxygen atoms in total. The Kier molecular flexibility index (Phi) is 6.99. The second-order valence-corrected chi connectivity index (χ2v) is 9.99. The average molecular weight is 484 g/mol. The summed E-state index contributed by atoms with van der Waals surface area (Å²) in [5, 5.41) is 0. The molecule has 0 saturated heterocycles. The highest BCUT2D eigenvalue weighted by molar-refractivity contribution is 7.89. The standard InChI is InChI=1S/C23H24F3NO5S/c1-13-10-14(2)20(15(3)11-13)21-19(28)12-16(22(21)29)8-9-27-33(30,31)18-6-4-17(5-7-18)32-23(24,25)26/h4-7,10-11,16,21,27H,8-9,12H2,1-3H3. The molecule has 0 spiro atoms. The van der Waals surface area contributed by atoms with E-state index in [4.69, 9.17) is 0 Å². The maximum Gasteiger partial charge on any atom is 0.573 e. The van der Waals surface area contributed by atoms with Gasteiger partial charge in [-0.15, -0.1) is 13.2 Å². The Hall–Kier alpha value is -2.72. The van der Waals surface area contributed by atoms with Gasteiger partial charge in [0.15, 0.2) is 5.78 Å². The Labute approximate surface area is 190 Å². The molecule has 1 N–H and O–H groups in total. The van der Waals surface area contributed by atoms with Crippen LogP contribution in [0.5, 0.6) is 5.75 Å². The van der Waals surface area contributed by atoms with Crippen molar-refractivity contribution in [2.24, 2.45) is 5.92 Å². The van der Waals surface area contributed by atoms with Crippen molar-refractivity contribution in [1.29, 1.82) is 0 Å². The number of alkyl halides is 3. The van der Waals surface area contributed by atoms with Gasteiger partial charge < -0.3 is 4.74 Å². The van der Waals surface area contributed by atoms with E-state index in [9.17, 15) is 31.2 Å². The molecule has 0 heterocycles. The van der Waals surface area contributed by atoms with Crippen LogP contribution in [0.2, 0.25) is 0 Å². The number of aryl methyl sites for hydroxylation is 3. The molecule has 33 heavy (non-hydrogen) atoms. The molecular formula is C23H24F3NO5S. The fourth-order valence-corrected chi connectivity index (χ4v) is 5.37. The number of Topliss-reactive ketones (excluding diaryl/α,β-unsaturated/α-hetero) is 2.